The quantitative estimate of drug-likeness (QED) is 0.803. The van der Waals surface area contributed by atoms with Crippen molar-refractivity contribution in [2.45, 2.75) is 25.8 Å². The average molecular weight is 342 g/mol. The minimum Gasteiger partial charge on any atom is -0.497 e. The van der Waals surface area contributed by atoms with Crippen molar-refractivity contribution in [2.24, 2.45) is 0 Å². The Hall–Kier alpha value is -2.69. The molecule has 2 aromatic rings. The van der Waals surface area contributed by atoms with Crippen molar-refractivity contribution < 1.29 is 14.3 Å². The molecule has 0 radical (unpaired) electrons. The van der Waals surface area contributed by atoms with E-state index in [-0.39, 0.29) is 18.0 Å². The molecule has 2 amide bonds. The highest BCUT2D eigenvalue weighted by Gasteiger charge is 2.15. The summed E-state index contributed by atoms with van der Waals surface area (Å²) < 4.78 is 10.6. The molecule has 134 valence electrons. The van der Waals surface area contributed by atoms with Gasteiger partial charge in [0.15, 0.2) is 0 Å². The standard InChI is InChI=1S/C20H26N2O3/c1-14(16-8-6-5-7-9-16)13-21-20(23)22-15(2)18-12-17(24-3)10-11-19(18)25-4/h5-12,14-15H,13H2,1-4H3,(H2,21,22,23). The molecule has 2 rings (SSSR count). The summed E-state index contributed by atoms with van der Waals surface area (Å²) in [6.45, 7) is 4.57. The monoisotopic (exact) mass is 342 g/mol. The highest BCUT2D eigenvalue weighted by atomic mass is 16.5. The second kappa shape index (κ2) is 8.97. The van der Waals surface area contributed by atoms with Crippen LogP contribution in [0.1, 0.15) is 36.9 Å². The predicted octanol–water partition coefficient (Wildman–Crippen LogP) is 3.87. The third-order valence-electron chi connectivity index (χ3n) is 4.19. The molecule has 2 N–H and O–H groups in total. The third-order valence-corrected chi connectivity index (χ3v) is 4.19. The fourth-order valence-electron chi connectivity index (χ4n) is 2.65. The number of ether oxygens (including phenoxy) is 2. The van der Waals surface area contributed by atoms with Gasteiger partial charge in [0, 0.05) is 12.1 Å². The molecular weight excluding hydrogens is 316 g/mol. The molecule has 2 atom stereocenters. The first-order chi connectivity index (χ1) is 12.0. The van der Waals surface area contributed by atoms with Crippen LogP contribution in [0.25, 0.3) is 0 Å². The van der Waals surface area contributed by atoms with Gasteiger partial charge < -0.3 is 20.1 Å². The summed E-state index contributed by atoms with van der Waals surface area (Å²) in [4.78, 5) is 12.2. The topological polar surface area (TPSA) is 59.6 Å². The lowest BCUT2D eigenvalue weighted by atomic mass is 10.0. The average Bonchev–Trinajstić information content (AvgIpc) is 2.66. The van der Waals surface area contributed by atoms with Crippen molar-refractivity contribution >= 4 is 6.03 Å². The molecule has 0 saturated heterocycles. The summed E-state index contributed by atoms with van der Waals surface area (Å²) in [5.41, 5.74) is 2.07. The fourth-order valence-corrected chi connectivity index (χ4v) is 2.65. The van der Waals surface area contributed by atoms with Crippen LogP contribution in [0.2, 0.25) is 0 Å². The molecule has 5 nitrogen and oxygen atoms in total. The van der Waals surface area contributed by atoms with E-state index in [1.165, 1.54) is 5.56 Å². The number of carbonyl (C=O) groups is 1. The van der Waals surface area contributed by atoms with E-state index >= 15 is 0 Å². The second-order valence-corrected chi connectivity index (χ2v) is 6.00. The minimum absolute atomic E-state index is 0.208. The van der Waals surface area contributed by atoms with Crippen LogP contribution in [0.4, 0.5) is 4.79 Å². The molecular formula is C20H26N2O3. The number of carbonyl (C=O) groups excluding carboxylic acids is 1. The lowest BCUT2D eigenvalue weighted by molar-refractivity contribution is 0.237. The van der Waals surface area contributed by atoms with Crippen LogP contribution in [0, 0.1) is 0 Å². The number of hydrogen-bond donors (Lipinski definition) is 2. The summed E-state index contributed by atoms with van der Waals surface area (Å²) in [5, 5.41) is 5.87. The van der Waals surface area contributed by atoms with Gasteiger partial charge in [-0.15, -0.1) is 0 Å². The first-order valence-corrected chi connectivity index (χ1v) is 8.36. The van der Waals surface area contributed by atoms with Gasteiger partial charge in [-0.2, -0.15) is 0 Å². The molecule has 2 unspecified atom stereocenters. The number of urea groups is 1. The third kappa shape index (κ3) is 5.14. The number of amides is 2. The Labute approximate surface area is 149 Å². The van der Waals surface area contributed by atoms with E-state index in [1.807, 2.05) is 43.3 Å². The van der Waals surface area contributed by atoms with E-state index in [2.05, 4.69) is 29.7 Å². The Morgan fingerprint density at radius 1 is 1.04 bits per heavy atom. The van der Waals surface area contributed by atoms with Crippen LogP contribution in [0.15, 0.2) is 48.5 Å². The second-order valence-electron chi connectivity index (χ2n) is 6.00. The van der Waals surface area contributed by atoms with E-state index in [1.54, 1.807) is 14.2 Å². The van der Waals surface area contributed by atoms with Crippen molar-refractivity contribution in [1.29, 1.82) is 0 Å². The molecule has 25 heavy (non-hydrogen) atoms. The Kier molecular flexibility index (Phi) is 6.69. The van der Waals surface area contributed by atoms with Crippen LogP contribution in [0.5, 0.6) is 11.5 Å². The van der Waals surface area contributed by atoms with Crippen molar-refractivity contribution in [1.82, 2.24) is 10.6 Å². The van der Waals surface area contributed by atoms with Gasteiger partial charge >= 0.3 is 6.03 Å². The Morgan fingerprint density at radius 2 is 1.76 bits per heavy atom. The maximum atomic E-state index is 12.2. The van der Waals surface area contributed by atoms with Gasteiger partial charge in [0.25, 0.3) is 0 Å². The highest BCUT2D eigenvalue weighted by molar-refractivity contribution is 5.74. The summed E-state index contributed by atoms with van der Waals surface area (Å²) in [6, 6.07) is 15.2. The van der Waals surface area contributed by atoms with Gasteiger partial charge in [0.05, 0.1) is 20.3 Å². The summed E-state index contributed by atoms with van der Waals surface area (Å²) in [5.74, 6) is 1.68. The normalized spacial score (nSPS) is 12.8. The van der Waals surface area contributed by atoms with E-state index in [9.17, 15) is 4.79 Å². The summed E-state index contributed by atoms with van der Waals surface area (Å²) in [7, 11) is 3.22. The largest absolute Gasteiger partial charge is 0.497 e. The van der Waals surface area contributed by atoms with Crippen molar-refractivity contribution in [3.05, 3.63) is 59.7 Å². The smallest absolute Gasteiger partial charge is 0.315 e. The first-order valence-electron chi connectivity index (χ1n) is 8.36. The van der Waals surface area contributed by atoms with Crippen LogP contribution in [-0.4, -0.2) is 26.8 Å². The van der Waals surface area contributed by atoms with E-state index < -0.39 is 0 Å². The maximum absolute atomic E-state index is 12.2. The lowest BCUT2D eigenvalue weighted by Gasteiger charge is -2.19. The van der Waals surface area contributed by atoms with Crippen molar-refractivity contribution in [3.8, 4) is 11.5 Å². The number of nitrogens with one attached hydrogen (secondary N) is 2. The summed E-state index contributed by atoms with van der Waals surface area (Å²) in [6.07, 6.45) is 0. The molecule has 0 bridgehead atoms. The molecule has 0 aliphatic heterocycles. The van der Waals surface area contributed by atoms with Gasteiger partial charge in [-0.25, -0.2) is 4.79 Å². The molecule has 5 heteroatoms. The van der Waals surface area contributed by atoms with Crippen LogP contribution in [0.3, 0.4) is 0 Å². The highest BCUT2D eigenvalue weighted by Crippen LogP contribution is 2.29. The van der Waals surface area contributed by atoms with E-state index in [0.717, 1.165) is 11.3 Å². The van der Waals surface area contributed by atoms with E-state index in [4.69, 9.17) is 9.47 Å². The van der Waals surface area contributed by atoms with Gasteiger partial charge in [-0.1, -0.05) is 37.3 Å². The molecule has 0 spiro atoms. The zero-order valence-corrected chi connectivity index (χ0v) is 15.2. The minimum atomic E-state index is -0.211. The van der Waals surface area contributed by atoms with Gasteiger partial charge in [0.2, 0.25) is 0 Å². The predicted molar refractivity (Wildman–Crippen MR) is 99.4 cm³/mol. The molecule has 0 heterocycles. The molecule has 0 aliphatic rings. The van der Waals surface area contributed by atoms with Gasteiger partial charge in [0.1, 0.15) is 11.5 Å². The van der Waals surface area contributed by atoms with Gasteiger partial charge in [-0.05, 0) is 36.6 Å². The number of methoxy groups -OCH3 is 2. The Balaban J connectivity index is 1.94. The number of hydrogen-bond acceptors (Lipinski definition) is 3. The molecule has 0 saturated carbocycles. The van der Waals surface area contributed by atoms with Gasteiger partial charge in [-0.3, -0.25) is 0 Å². The van der Waals surface area contributed by atoms with Crippen LogP contribution >= 0.6 is 0 Å². The Bertz CT molecular complexity index is 689. The molecule has 0 aliphatic carbocycles. The first kappa shape index (κ1) is 18.6. The van der Waals surface area contributed by atoms with Crippen LogP contribution < -0.4 is 20.1 Å². The SMILES string of the molecule is COc1ccc(OC)c(C(C)NC(=O)NCC(C)c2ccccc2)c1. The Morgan fingerprint density at radius 3 is 2.40 bits per heavy atom. The zero-order valence-electron chi connectivity index (χ0n) is 15.2. The summed E-state index contributed by atoms with van der Waals surface area (Å²) >= 11 is 0. The fraction of sp³-hybridized carbons (Fsp3) is 0.350. The molecule has 0 aromatic heterocycles. The number of benzene rings is 2. The van der Waals surface area contributed by atoms with Crippen molar-refractivity contribution in [3.63, 3.8) is 0 Å². The van der Waals surface area contributed by atoms with Crippen molar-refractivity contribution in [2.75, 3.05) is 20.8 Å². The molecule has 2 aromatic carbocycles. The maximum Gasteiger partial charge on any atom is 0.315 e. The van der Waals surface area contributed by atoms with E-state index in [0.29, 0.717) is 12.3 Å². The zero-order chi connectivity index (χ0) is 18.2. The lowest BCUT2D eigenvalue weighted by Crippen LogP contribution is -2.38. The number of rotatable bonds is 7. The molecule has 0 fully saturated rings. The van der Waals surface area contributed by atoms with Crippen LogP contribution in [-0.2, 0) is 0 Å².